The summed E-state index contributed by atoms with van der Waals surface area (Å²) in [7, 11) is 0. The largest absolute Gasteiger partial charge is 0.399 e. The van der Waals surface area contributed by atoms with Gasteiger partial charge in [-0.3, -0.25) is 9.59 Å². The molecule has 3 N–H and O–H groups in total. The fraction of sp³-hybridized carbons (Fsp3) is 0.467. The van der Waals surface area contributed by atoms with Gasteiger partial charge >= 0.3 is 0 Å². The van der Waals surface area contributed by atoms with E-state index in [4.69, 9.17) is 5.73 Å². The SMILES string of the molecule is Cc1cc(N)cc(C(=O)N2CCCC3C(=O)NCC32)c1F. The highest BCUT2D eigenvalue weighted by Gasteiger charge is 2.43. The highest BCUT2D eigenvalue weighted by Crippen LogP contribution is 2.29. The molecule has 0 aromatic heterocycles. The Bertz CT molecular complexity index is 617. The summed E-state index contributed by atoms with van der Waals surface area (Å²) >= 11 is 0. The topological polar surface area (TPSA) is 75.4 Å². The molecule has 5 nitrogen and oxygen atoms in total. The molecule has 2 unspecified atom stereocenters. The molecule has 112 valence electrons. The summed E-state index contributed by atoms with van der Waals surface area (Å²) in [6.07, 6.45) is 1.53. The van der Waals surface area contributed by atoms with Crippen LogP contribution in [-0.4, -0.2) is 35.8 Å². The van der Waals surface area contributed by atoms with Crippen molar-refractivity contribution in [2.45, 2.75) is 25.8 Å². The maximum Gasteiger partial charge on any atom is 0.257 e. The molecule has 0 bridgehead atoms. The molecule has 1 aromatic carbocycles. The summed E-state index contributed by atoms with van der Waals surface area (Å²) in [6, 6.07) is 2.70. The van der Waals surface area contributed by atoms with Crippen LogP contribution in [0.25, 0.3) is 0 Å². The third-order valence-electron chi connectivity index (χ3n) is 4.37. The van der Waals surface area contributed by atoms with Crippen LogP contribution in [-0.2, 0) is 4.79 Å². The Morgan fingerprint density at radius 3 is 3.00 bits per heavy atom. The van der Waals surface area contributed by atoms with Gasteiger partial charge in [0.25, 0.3) is 5.91 Å². The van der Waals surface area contributed by atoms with Crippen LogP contribution < -0.4 is 11.1 Å². The zero-order chi connectivity index (χ0) is 15.1. The molecule has 2 amide bonds. The summed E-state index contributed by atoms with van der Waals surface area (Å²) in [5.41, 5.74) is 6.43. The van der Waals surface area contributed by atoms with Gasteiger partial charge in [-0.1, -0.05) is 0 Å². The lowest BCUT2D eigenvalue weighted by Crippen LogP contribution is -2.49. The summed E-state index contributed by atoms with van der Waals surface area (Å²) in [6.45, 7) is 2.57. The first-order chi connectivity index (χ1) is 9.99. The van der Waals surface area contributed by atoms with Crippen LogP contribution in [0.2, 0.25) is 0 Å². The Balaban J connectivity index is 1.93. The fourth-order valence-electron chi connectivity index (χ4n) is 3.31. The number of carbonyl (C=O) groups is 2. The zero-order valence-corrected chi connectivity index (χ0v) is 11.9. The van der Waals surface area contributed by atoms with Gasteiger partial charge in [0, 0.05) is 18.8 Å². The van der Waals surface area contributed by atoms with Crippen LogP contribution in [0.5, 0.6) is 0 Å². The minimum atomic E-state index is -0.534. The molecule has 6 heteroatoms. The molecule has 0 saturated carbocycles. The quantitative estimate of drug-likeness (QED) is 0.760. The van der Waals surface area contributed by atoms with Crippen LogP contribution >= 0.6 is 0 Å². The third kappa shape index (κ3) is 2.24. The first kappa shape index (κ1) is 13.9. The van der Waals surface area contributed by atoms with Crippen LogP contribution in [0.3, 0.4) is 0 Å². The number of nitrogen functional groups attached to an aromatic ring is 1. The second-order valence-electron chi connectivity index (χ2n) is 5.76. The second-order valence-corrected chi connectivity index (χ2v) is 5.76. The predicted molar refractivity (Wildman–Crippen MR) is 76.1 cm³/mol. The van der Waals surface area contributed by atoms with Gasteiger partial charge in [0.2, 0.25) is 5.91 Å². The molecule has 1 aromatic rings. The van der Waals surface area contributed by atoms with Crippen molar-refractivity contribution >= 4 is 17.5 Å². The van der Waals surface area contributed by atoms with E-state index in [1.54, 1.807) is 11.8 Å². The highest BCUT2D eigenvalue weighted by molar-refractivity contribution is 5.97. The minimum absolute atomic E-state index is 0.00695. The normalized spacial score (nSPS) is 24.7. The first-order valence-corrected chi connectivity index (χ1v) is 7.13. The number of nitrogens with zero attached hydrogens (tertiary/aromatic N) is 1. The van der Waals surface area contributed by atoms with Gasteiger partial charge in [-0.05, 0) is 37.5 Å². The molecule has 2 fully saturated rings. The summed E-state index contributed by atoms with van der Waals surface area (Å²) in [5.74, 6) is -1.10. The Kier molecular flexibility index (Phi) is 3.31. The number of benzene rings is 1. The van der Waals surface area contributed by atoms with E-state index in [1.807, 2.05) is 0 Å². The molecule has 2 aliphatic rings. The molecule has 2 saturated heterocycles. The number of hydrogen-bond acceptors (Lipinski definition) is 3. The van der Waals surface area contributed by atoms with Crippen LogP contribution in [0.15, 0.2) is 12.1 Å². The summed E-state index contributed by atoms with van der Waals surface area (Å²) < 4.78 is 14.2. The molecule has 3 rings (SSSR count). The molecular formula is C15H18FN3O2. The van der Waals surface area contributed by atoms with Crippen molar-refractivity contribution < 1.29 is 14.0 Å². The number of rotatable bonds is 1. The standard InChI is InChI=1S/C15H18FN3O2/c1-8-5-9(17)6-11(13(8)16)15(21)19-4-2-3-10-12(19)7-18-14(10)20/h5-6,10,12H,2-4,7,17H2,1H3,(H,18,20). The van der Waals surface area contributed by atoms with Crippen molar-refractivity contribution in [3.63, 3.8) is 0 Å². The molecule has 2 heterocycles. The second kappa shape index (κ2) is 5.02. The number of nitrogens with two attached hydrogens (primary N) is 1. The van der Waals surface area contributed by atoms with E-state index < -0.39 is 5.82 Å². The van der Waals surface area contributed by atoms with E-state index in [9.17, 15) is 14.0 Å². The van der Waals surface area contributed by atoms with Gasteiger partial charge in [-0.2, -0.15) is 0 Å². The number of carbonyl (C=O) groups excluding carboxylic acids is 2. The Labute approximate surface area is 122 Å². The number of halogens is 1. The lowest BCUT2D eigenvalue weighted by Gasteiger charge is -2.36. The maximum absolute atomic E-state index is 14.2. The van der Waals surface area contributed by atoms with Crippen molar-refractivity contribution in [3.8, 4) is 0 Å². The van der Waals surface area contributed by atoms with Gasteiger partial charge in [0.15, 0.2) is 0 Å². The van der Waals surface area contributed by atoms with Crippen molar-refractivity contribution in [1.82, 2.24) is 10.2 Å². The number of anilines is 1. The zero-order valence-electron chi connectivity index (χ0n) is 11.9. The number of aryl methyl sites for hydroxylation is 1. The third-order valence-corrected chi connectivity index (χ3v) is 4.37. The molecule has 21 heavy (non-hydrogen) atoms. The van der Waals surface area contributed by atoms with Crippen molar-refractivity contribution in [1.29, 1.82) is 0 Å². The number of likely N-dealkylation sites (tertiary alicyclic amines) is 1. The van der Waals surface area contributed by atoms with Gasteiger partial charge in [-0.15, -0.1) is 0 Å². The molecule has 0 spiro atoms. The van der Waals surface area contributed by atoms with E-state index in [-0.39, 0.29) is 29.3 Å². The monoisotopic (exact) mass is 291 g/mol. The Hall–Kier alpha value is -2.11. The van der Waals surface area contributed by atoms with E-state index in [2.05, 4.69) is 5.32 Å². The van der Waals surface area contributed by atoms with E-state index >= 15 is 0 Å². The number of piperidine rings is 1. The van der Waals surface area contributed by atoms with E-state index in [1.165, 1.54) is 12.1 Å². The molecule has 2 atom stereocenters. The average Bonchev–Trinajstić information content (AvgIpc) is 2.84. The Morgan fingerprint density at radius 2 is 2.24 bits per heavy atom. The smallest absolute Gasteiger partial charge is 0.257 e. The lowest BCUT2D eigenvalue weighted by molar-refractivity contribution is -0.123. The highest BCUT2D eigenvalue weighted by atomic mass is 19.1. The molecule has 2 aliphatic heterocycles. The minimum Gasteiger partial charge on any atom is -0.399 e. The number of amides is 2. The molecule has 0 radical (unpaired) electrons. The summed E-state index contributed by atoms with van der Waals surface area (Å²) in [4.78, 5) is 26.0. The predicted octanol–water partition coefficient (Wildman–Crippen LogP) is 1.07. The molecule has 0 aliphatic carbocycles. The van der Waals surface area contributed by atoms with Gasteiger partial charge in [0.05, 0.1) is 17.5 Å². The van der Waals surface area contributed by atoms with Crippen LogP contribution in [0, 0.1) is 18.7 Å². The fourth-order valence-corrected chi connectivity index (χ4v) is 3.31. The van der Waals surface area contributed by atoms with Crippen LogP contribution in [0.4, 0.5) is 10.1 Å². The number of nitrogens with one attached hydrogen (secondary N) is 1. The molecular weight excluding hydrogens is 273 g/mol. The van der Waals surface area contributed by atoms with Gasteiger partial charge in [-0.25, -0.2) is 4.39 Å². The van der Waals surface area contributed by atoms with E-state index in [0.717, 1.165) is 12.8 Å². The van der Waals surface area contributed by atoms with Crippen molar-refractivity contribution in [2.24, 2.45) is 5.92 Å². The van der Waals surface area contributed by atoms with Crippen molar-refractivity contribution in [2.75, 3.05) is 18.8 Å². The van der Waals surface area contributed by atoms with Crippen molar-refractivity contribution in [3.05, 3.63) is 29.1 Å². The number of hydrogen-bond donors (Lipinski definition) is 2. The lowest BCUT2D eigenvalue weighted by atomic mass is 9.90. The Morgan fingerprint density at radius 1 is 1.48 bits per heavy atom. The maximum atomic E-state index is 14.2. The number of fused-ring (bicyclic) bond motifs is 1. The van der Waals surface area contributed by atoms with Gasteiger partial charge < -0.3 is 16.0 Å². The van der Waals surface area contributed by atoms with Crippen LogP contribution in [0.1, 0.15) is 28.8 Å². The average molecular weight is 291 g/mol. The first-order valence-electron chi connectivity index (χ1n) is 7.13. The summed E-state index contributed by atoms with van der Waals surface area (Å²) in [5, 5.41) is 2.78. The van der Waals surface area contributed by atoms with E-state index in [0.29, 0.717) is 24.3 Å². The van der Waals surface area contributed by atoms with Gasteiger partial charge in [0.1, 0.15) is 5.82 Å².